The fourth-order valence-electron chi connectivity index (χ4n) is 5.03. The Labute approximate surface area is 213 Å². The van der Waals surface area contributed by atoms with E-state index in [4.69, 9.17) is 14.5 Å². The first kappa shape index (κ1) is 23.0. The van der Waals surface area contributed by atoms with E-state index >= 15 is 0 Å². The van der Waals surface area contributed by atoms with Crippen LogP contribution in [0.25, 0.3) is 21.8 Å². The molecule has 1 fully saturated rings. The highest BCUT2D eigenvalue weighted by atomic mass is 16.5. The fraction of sp³-hybridized carbons (Fsp3) is 0.241. The van der Waals surface area contributed by atoms with Gasteiger partial charge in [0.25, 0.3) is 11.8 Å². The molecule has 2 amide bonds. The standard InChI is InChI=1S/C29H26N4O4/c1-36-25-15-22-24(31-17-20-8-5-12-33(20)29(22)35)16-26(25)37-13-11-30-28(34)21-9-4-7-19-14-18-6-2-3-10-23(18)32-27(19)21/h2-4,6-7,9-10,14-17,20H,5,8,11-13H2,1H3,(H,30,34)/t20-/m0/s1. The molecule has 0 aliphatic carbocycles. The average molecular weight is 495 g/mol. The number of nitrogens with one attached hydrogen (secondary N) is 1. The number of pyridine rings is 1. The third-order valence-corrected chi connectivity index (χ3v) is 6.90. The average Bonchev–Trinajstić information content (AvgIpc) is 3.36. The van der Waals surface area contributed by atoms with Gasteiger partial charge < -0.3 is 19.7 Å². The molecule has 1 saturated heterocycles. The summed E-state index contributed by atoms with van der Waals surface area (Å²) >= 11 is 0. The molecule has 8 heteroatoms. The lowest BCUT2D eigenvalue weighted by Crippen LogP contribution is -2.35. The van der Waals surface area contributed by atoms with Crippen LogP contribution < -0.4 is 14.8 Å². The number of carbonyl (C=O) groups excluding carboxylic acids is 2. The second-order valence-corrected chi connectivity index (χ2v) is 9.17. The van der Waals surface area contributed by atoms with Crippen LogP contribution in [0.15, 0.2) is 65.7 Å². The third kappa shape index (κ3) is 4.24. The van der Waals surface area contributed by atoms with Gasteiger partial charge in [-0.1, -0.05) is 30.3 Å². The Morgan fingerprint density at radius 1 is 1.08 bits per heavy atom. The van der Waals surface area contributed by atoms with Crippen molar-refractivity contribution in [2.75, 3.05) is 26.8 Å². The quantitative estimate of drug-likeness (QED) is 0.314. The highest BCUT2D eigenvalue weighted by Crippen LogP contribution is 2.38. The van der Waals surface area contributed by atoms with Gasteiger partial charge in [-0.3, -0.25) is 14.6 Å². The molecule has 0 spiro atoms. The van der Waals surface area contributed by atoms with Crippen LogP contribution in [-0.2, 0) is 0 Å². The molecule has 6 rings (SSSR count). The number of para-hydroxylation sites is 2. The van der Waals surface area contributed by atoms with E-state index in [1.54, 1.807) is 18.2 Å². The van der Waals surface area contributed by atoms with Crippen LogP contribution in [0, 0.1) is 0 Å². The Hall–Kier alpha value is -4.46. The summed E-state index contributed by atoms with van der Waals surface area (Å²) in [5.74, 6) is 0.669. The largest absolute Gasteiger partial charge is 0.493 e. The van der Waals surface area contributed by atoms with Crippen LogP contribution in [0.5, 0.6) is 11.5 Å². The van der Waals surface area contributed by atoms with E-state index < -0.39 is 0 Å². The number of carbonyl (C=O) groups is 2. The number of rotatable bonds is 6. The van der Waals surface area contributed by atoms with E-state index in [2.05, 4.69) is 10.3 Å². The van der Waals surface area contributed by atoms with Crippen molar-refractivity contribution in [1.29, 1.82) is 0 Å². The van der Waals surface area contributed by atoms with Crippen LogP contribution in [-0.4, -0.2) is 60.8 Å². The van der Waals surface area contributed by atoms with E-state index in [9.17, 15) is 9.59 Å². The Morgan fingerprint density at radius 2 is 1.95 bits per heavy atom. The van der Waals surface area contributed by atoms with Crippen molar-refractivity contribution in [3.05, 3.63) is 71.8 Å². The van der Waals surface area contributed by atoms with Crippen molar-refractivity contribution < 1.29 is 19.1 Å². The summed E-state index contributed by atoms with van der Waals surface area (Å²) in [6.07, 6.45) is 3.74. The number of aliphatic imine (C=N–C) groups is 1. The molecule has 0 unspecified atom stereocenters. The van der Waals surface area contributed by atoms with Crippen molar-refractivity contribution in [2.24, 2.45) is 4.99 Å². The minimum Gasteiger partial charge on any atom is -0.493 e. The summed E-state index contributed by atoms with van der Waals surface area (Å²) in [6, 6.07) is 18.9. The molecule has 37 heavy (non-hydrogen) atoms. The maximum absolute atomic E-state index is 13.0. The van der Waals surface area contributed by atoms with E-state index in [0.29, 0.717) is 33.8 Å². The van der Waals surface area contributed by atoms with Gasteiger partial charge >= 0.3 is 0 Å². The van der Waals surface area contributed by atoms with Gasteiger partial charge in [-0.15, -0.1) is 0 Å². The SMILES string of the molecule is COc1cc2c(cc1OCCNC(=O)c1cccc3cc4ccccc4nc13)N=C[C@@H]1CCCN1C2=O. The predicted octanol–water partition coefficient (Wildman–Crippen LogP) is 4.53. The van der Waals surface area contributed by atoms with Gasteiger partial charge in [0.05, 0.1) is 47.5 Å². The molecule has 1 aromatic heterocycles. The molecule has 0 bridgehead atoms. The third-order valence-electron chi connectivity index (χ3n) is 6.90. The van der Waals surface area contributed by atoms with Crippen molar-refractivity contribution in [2.45, 2.75) is 18.9 Å². The summed E-state index contributed by atoms with van der Waals surface area (Å²) in [7, 11) is 1.54. The molecular weight excluding hydrogens is 468 g/mol. The van der Waals surface area contributed by atoms with Crippen molar-refractivity contribution in [3.8, 4) is 11.5 Å². The highest BCUT2D eigenvalue weighted by Gasteiger charge is 2.32. The summed E-state index contributed by atoms with van der Waals surface area (Å²) in [6.45, 7) is 1.23. The Morgan fingerprint density at radius 3 is 2.84 bits per heavy atom. The molecule has 186 valence electrons. The summed E-state index contributed by atoms with van der Waals surface area (Å²) in [5.41, 5.74) is 3.09. The van der Waals surface area contributed by atoms with Gasteiger partial charge in [0.15, 0.2) is 11.5 Å². The van der Waals surface area contributed by atoms with Crippen LogP contribution in [0.2, 0.25) is 0 Å². The number of fused-ring (bicyclic) bond motifs is 4. The number of amides is 2. The molecule has 3 aromatic carbocycles. The zero-order chi connectivity index (χ0) is 25.4. The molecule has 4 aromatic rings. The molecule has 2 aliphatic rings. The number of benzene rings is 3. The second kappa shape index (κ2) is 9.54. The smallest absolute Gasteiger partial charge is 0.256 e. The summed E-state index contributed by atoms with van der Waals surface area (Å²) in [4.78, 5) is 37.2. The Bertz CT molecular complexity index is 1560. The normalized spacial score (nSPS) is 16.4. The zero-order valence-corrected chi connectivity index (χ0v) is 20.4. The second-order valence-electron chi connectivity index (χ2n) is 9.17. The number of hydrogen-bond donors (Lipinski definition) is 1. The highest BCUT2D eigenvalue weighted by molar-refractivity contribution is 6.07. The maximum Gasteiger partial charge on any atom is 0.256 e. The lowest BCUT2D eigenvalue weighted by atomic mass is 10.1. The fourth-order valence-corrected chi connectivity index (χ4v) is 5.03. The number of hydrogen-bond acceptors (Lipinski definition) is 6. The van der Waals surface area contributed by atoms with Crippen LogP contribution in [0.3, 0.4) is 0 Å². The van der Waals surface area contributed by atoms with Crippen LogP contribution in [0.1, 0.15) is 33.6 Å². The number of methoxy groups -OCH3 is 1. The number of ether oxygens (including phenoxy) is 2. The van der Waals surface area contributed by atoms with Crippen molar-refractivity contribution >= 4 is 45.5 Å². The van der Waals surface area contributed by atoms with Gasteiger partial charge in [0.1, 0.15) is 6.61 Å². The number of nitrogens with zero attached hydrogens (tertiary/aromatic N) is 3. The van der Waals surface area contributed by atoms with Crippen LogP contribution in [0.4, 0.5) is 5.69 Å². The van der Waals surface area contributed by atoms with E-state index in [-0.39, 0.29) is 31.0 Å². The molecule has 8 nitrogen and oxygen atoms in total. The zero-order valence-electron chi connectivity index (χ0n) is 20.4. The Balaban J connectivity index is 1.16. The van der Waals surface area contributed by atoms with Gasteiger partial charge in [-0.25, -0.2) is 4.98 Å². The predicted molar refractivity (Wildman–Crippen MR) is 142 cm³/mol. The van der Waals surface area contributed by atoms with E-state index in [1.165, 1.54) is 7.11 Å². The van der Waals surface area contributed by atoms with Crippen molar-refractivity contribution in [3.63, 3.8) is 0 Å². The summed E-state index contributed by atoms with van der Waals surface area (Å²) < 4.78 is 11.4. The maximum atomic E-state index is 13.0. The molecule has 1 atom stereocenters. The first-order chi connectivity index (χ1) is 18.1. The molecule has 3 heterocycles. The number of aromatic nitrogens is 1. The molecule has 2 aliphatic heterocycles. The molecule has 0 saturated carbocycles. The van der Waals surface area contributed by atoms with Gasteiger partial charge in [-0.05, 0) is 37.1 Å². The van der Waals surface area contributed by atoms with Crippen molar-refractivity contribution in [1.82, 2.24) is 15.2 Å². The monoisotopic (exact) mass is 494 g/mol. The Kier molecular flexibility index (Phi) is 5.92. The minimum atomic E-state index is -0.221. The van der Waals surface area contributed by atoms with E-state index in [0.717, 1.165) is 35.7 Å². The molecule has 1 N–H and O–H groups in total. The van der Waals surface area contributed by atoms with Gasteiger partial charge in [-0.2, -0.15) is 0 Å². The topological polar surface area (TPSA) is 93.1 Å². The minimum absolute atomic E-state index is 0.0343. The first-order valence-corrected chi connectivity index (χ1v) is 12.4. The van der Waals surface area contributed by atoms with Crippen LogP contribution >= 0.6 is 0 Å². The van der Waals surface area contributed by atoms with Gasteiger partial charge in [0, 0.05) is 29.6 Å². The first-order valence-electron chi connectivity index (χ1n) is 12.4. The lowest BCUT2D eigenvalue weighted by molar-refractivity contribution is 0.0774. The van der Waals surface area contributed by atoms with E-state index in [1.807, 2.05) is 53.6 Å². The molecule has 0 radical (unpaired) electrons. The van der Waals surface area contributed by atoms with Gasteiger partial charge in [0.2, 0.25) is 0 Å². The lowest BCUT2D eigenvalue weighted by Gasteiger charge is -2.20. The molecular formula is C29H26N4O4. The summed E-state index contributed by atoms with van der Waals surface area (Å²) in [5, 5.41) is 4.86.